The molecular weight excluding hydrogens is 202 g/mol. The summed E-state index contributed by atoms with van der Waals surface area (Å²) in [5, 5.41) is 6.40. The van der Waals surface area contributed by atoms with Crippen molar-refractivity contribution < 1.29 is 4.79 Å². The largest absolute Gasteiger partial charge is 0.338 e. The van der Waals surface area contributed by atoms with Crippen LogP contribution in [0.4, 0.5) is 4.79 Å². The third-order valence-corrected chi connectivity index (χ3v) is 3.68. The van der Waals surface area contributed by atoms with Crippen LogP contribution in [-0.4, -0.2) is 43.7 Å². The topological polar surface area (TPSA) is 44.4 Å². The lowest BCUT2D eigenvalue weighted by Crippen LogP contribution is -2.39. The van der Waals surface area contributed by atoms with Crippen LogP contribution in [0.2, 0.25) is 0 Å². The van der Waals surface area contributed by atoms with Crippen molar-refractivity contribution in [3.05, 3.63) is 0 Å². The maximum Gasteiger partial charge on any atom is 0.317 e. The maximum absolute atomic E-state index is 11.7. The van der Waals surface area contributed by atoms with Crippen LogP contribution in [-0.2, 0) is 0 Å². The van der Waals surface area contributed by atoms with E-state index in [1.165, 1.54) is 25.7 Å². The Balaban J connectivity index is 1.57. The fourth-order valence-corrected chi connectivity index (χ4v) is 2.59. The van der Waals surface area contributed by atoms with E-state index in [1.54, 1.807) is 0 Å². The molecule has 0 aromatic rings. The molecule has 2 amide bonds. The molecule has 0 bridgehead atoms. The number of carbonyl (C=O) groups is 1. The molecule has 0 aromatic heterocycles. The van der Waals surface area contributed by atoms with E-state index >= 15 is 0 Å². The van der Waals surface area contributed by atoms with Gasteiger partial charge in [0.25, 0.3) is 0 Å². The van der Waals surface area contributed by atoms with E-state index in [9.17, 15) is 4.79 Å². The molecule has 2 saturated heterocycles. The Kier molecular flexibility index (Phi) is 4.45. The number of rotatable bonds is 3. The molecule has 2 fully saturated rings. The molecule has 2 rings (SSSR count). The molecule has 2 aliphatic heterocycles. The van der Waals surface area contributed by atoms with Crippen molar-refractivity contribution >= 4 is 6.03 Å². The van der Waals surface area contributed by atoms with Gasteiger partial charge in [-0.05, 0) is 51.1 Å². The SMILES string of the molecule is O=C(NCCC1CCNCC1)N1CCCC1. The maximum atomic E-state index is 11.7. The highest BCUT2D eigenvalue weighted by molar-refractivity contribution is 5.74. The Morgan fingerprint density at radius 2 is 1.94 bits per heavy atom. The van der Waals surface area contributed by atoms with Gasteiger partial charge in [0.1, 0.15) is 0 Å². The van der Waals surface area contributed by atoms with Crippen molar-refractivity contribution in [2.45, 2.75) is 32.1 Å². The summed E-state index contributed by atoms with van der Waals surface area (Å²) in [4.78, 5) is 13.6. The van der Waals surface area contributed by atoms with Crippen LogP contribution in [0.25, 0.3) is 0 Å². The average Bonchev–Trinajstić information content (AvgIpc) is 2.84. The van der Waals surface area contributed by atoms with Gasteiger partial charge < -0.3 is 15.5 Å². The van der Waals surface area contributed by atoms with Gasteiger partial charge in [0.05, 0.1) is 0 Å². The normalized spacial score (nSPS) is 22.4. The number of piperidine rings is 1. The fraction of sp³-hybridized carbons (Fsp3) is 0.917. The van der Waals surface area contributed by atoms with Crippen molar-refractivity contribution in [1.29, 1.82) is 0 Å². The number of nitrogens with one attached hydrogen (secondary N) is 2. The van der Waals surface area contributed by atoms with Crippen molar-refractivity contribution in [3.8, 4) is 0 Å². The molecule has 0 spiro atoms. The van der Waals surface area contributed by atoms with Gasteiger partial charge in [0, 0.05) is 19.6 Å². The van der Waals surface area contributed by atoms with Gasteiger partial charge in [-0.15, -0.1) is 0 Å². The van der Waals surface area contributed by atoms with E-state index in [0.29, 0.717) is 0 Å². The standard InChI is InChI=1S/C12H23N3O/c16-12(15-9-1-2-10-15)14-8-5-11-3-6-13-7-4-11/h11,13H,1-10H2,(H,14,16). The lowest BCUT2D eigenvalue weighted by Gasteiger charge is -2.23. The molecule has 0 radical (unpaired) electrons. The zero-order chi connectivity index (χ0) is 11.2. The number of carbonyl (C=O) groups excluding carboxylic acids is 1. The second-order valence-corrected chi connectivity index (χ2v) is 4.91. The van der Waals surface area contributed by atoms with Gasteiger partial charge in [-0.3, -0.25) is 0 Å². The van der Waals surface area contributed by atoms with Crippen LogP contribution in [0.3, 0.4) is 0 Å². The van der Waals surface area contributed by atoms with E-state index in [1.807, 2.05) is 4.90 Å². The minimum Gasteiger partial charge on any atom is -0.338 e. The van der Waals surface area contributed by atoms with Gasteiger partial charge in [-0.2, -0.15) is 0 Å². The van der Waals surface area contributed by atoms with Crippen molar-refractivity contribution in [2.75, 3.05) is 32.7 Å². The molecule has 4 heteroatoms. The first-order valence-corrected chi connectivity index (χ1v) is 6.60. The van der Waals surface area contributed by atoms with Gasteiger partial charge in [-0.25, -0.2) is 4.79 Å². The minimum atomic E-state index is 0.145. The molecule has 2 N–H and O–H groups in total. The Hall–Kier alpha value is -0.770. The van der Waals surface area contributed by atoms with Crippen LogP contribution < -0.4 is 10.6 Å². The van der Waals surface area contributed by atoms with E-state index in [-0.39, 0.29) is 6.03 Å². The zero-order valence-electron chi connectivity index (χ0n) is 10.0. The monoisotopic (exact) mass is 225 g/mol. The molecule has 0 aromatic carbocycles. The van der Waals surface area contributed by atoms with E-state index in [2.05, 4.69) is 10.6 Å². The summed E-state index contributed by atoms with van der Waals surface area (Å²) in [6.45, 7) is 5.02. The number of likely N-dealkylation sites (tertiary alicyclic amines) is 1. The molecule has 0 aliphatic carbocycles. The second-order valence-electron chi connectivity index (χ2n) is 4.91. The van der Waals surface area contributed by atoms with Crippen LogP contribution in [0.15, 0.2) is 0 Å². The van der Waals surface area contributed by atoms with E-state index < -0.39 is 0 Å². The van der Waals surface area contributed by atoms with Gasteiger partial charge in [-0.1, -0.05) is 0 Å². The second kappa shape index (κ2) is 6.09. The highest BCUT2D eigenvalue weighted by atomic mass is 16.2. The van der Waals surface area contributed by atoms with Gasteiger partial charge in [0.2, 0.25) is 0 Å². The third-order valence-electron chi connectivity index (χ3n) is 3.68. The molecule has 0 unspecified atom stereocenters. The predicted octanol–water partition coefficient (Wildman–Crippen LogP) is 1.18. The lowest BCUT2D eigenvalue weighted by atomic mass is 9.95. The predicted molar refractivity (Wildman–Crippen MR) is 64.4 cm³/mol. The summed E-state index contributed by atoms with van der Waals surface area (Å²) in [7, 11) is 0. The molecule has 2 aliphatic rings. The van der Waals surface area contributed by atoms with E-state index in [0.717, 1.165) is 45.1 Å². The molecule has 2 heterocycles. The first-order chi connectivity index (χ1) is 7.86. The smallest absolute Gasteiger partial charge is 0.317 e. The minimum absolute atomic E-state index is 0.145. The number of urea groups is 1. The Bertz CT molecular complexity index is 220. The zero-order valence-corrected chi connectivity index (χ0v) is 10.0. The summed E-state index contributed by atoms with van der Waals surface area (Å²) < 4.78 is 0. The summed E-state index contributed by atoms with van der Waals surface area (Å²) >= 11 is 0. The molecule has 16 heavy (non-hydrogen) atoms. The summed E-state index contributed by atoms with van der Waals surface area (Å²) in [5.41, 5.74) is 0. The molecule has 4 nitrogen and oxygen atoms in total. The Labute approximate surface area is 97.8 Å². The van der Waals surface area contributed by atoms with Crippen LogP contribution in [0, 0.1) is 5.92 Å². The van der Waals surface area contributed by atoms with Gasteiger partial charge in [0.15, 0.2) is 0 Å². The summed E-state index contributed by atoms with van der Waals surface area (Å²) in [6.07, 6.45) is 6.00. The quantitative estimate of drug-likeness (QED) is 0.757. The van der Waals surface area contributed by atoms with Crippen molar-refractivity contribution in [3.63, 3.8) is 0 Å². The summed E-state index contributed by atoms with van der Waals surface area (Å²) in [5.74, 6) is 0.806. The van der Waals surface area contributed by atoms with Crippen molar-refractivity contribution in [2.24, 2.45) is 5.92 Å². The third kappa shape index (κ3) is 3.37. The highest BCUT2D eigenvalue weighted by Gasteiger charge is 2.18. The molecule has 0 atom stereocenters. The van der Waals surface area contributed by atoms with Crippen molar-refractivity contribution in [1.82, 2.24) is 15.5 Å². The highest BCUT2D eigenvalue weighted by Crippen LogP contribution is 2.15. The first kappa shape index (κ1) is 11.7. The number of hydrogen-bond donors (Lipinski definition) is 2. The Morgan fingerprint density at radius 3 is 2.62 bits per heavy atom. The number of nitrogens with zero attached hydrogens (tertiary/aromatic N) is 1. The molecule has 0 saturated carbocycles. The van der Waals surface area contributed by atoms with Gasteiger partial charge >= 0.3 is 6.03 Å². The van der Waals surface area contributed by atoms with Crippen LogP contribution in [0.5, 0.6) is 0 Å². The molecular formula is C12H23N3O. The number of hydrogen-bond acceptors (Lipinski definition) is 2. The fourth-order valence-electron chi connectivity index (χ4n) is 2.59. The van der Waals surface area contributed by atoms with Crippen LogP contribution >= 0.6 is 0 Å². The molecule has 92 valence electrons. The lowest BCUT2D eigenvalue weighted by molar-refractivity contribution is 0.207. The Morgan fingerprint density at radius 1 is 1.25 bits per heavy atom. The number of amides is 2. The van der Waals surface area contributed by atoms with Crippen LogP contribution in [0.1, 0.15) is 32.1 Å². The average molecular weight is 225 g/mol. The first-order valence-electron chi connectivity index (χ1n) is 6.60. The summed E-state index contributed by atoms with van der Waals surface area (Å²) in [6, 6.07) is 0.145. The van der Waals surface area contributed by atoms with E-state index in [4.69, 9.17) is 0 Å².